The summed E-state index contributed by atoms with van der Waals surface area (Å²) in [7, 11) is -2.93. The van der Waals surface area contributed by atoms with Gasteiger partial charge in [0.05, 0.1) is 54.6 Å². The normalized spacial score (nSPS) is 22.8. The van der Waals surface area contributed by atoms with Gasteiger partial charge in [0.2, 0.25) is 13.3 Å². The Morgan fingerprint density at radius 1 is 1.08 bits per heavy atom. The summed E-state index contributed by atoms with van der Waals surface area (Å²) in [6, 6.07) is 9.42. The molecule has 3 heterocycles. The SMILES string of the molecule is C=C[C@@H]1C[C@]1(CC(=O)[C@@H]1C[C@@H](Oc2cc(-c3csc(NC(C)C)n3)nc3cc(OC)ccc23)CN1C(=O)[C@@H](CC(=O)OC1CCCC1)C(C)(C)C)P(=O)(O)Cc1c(F)cccc1F. The summed E-state index contributed by atoms with van der Waals surface area (Å²) < 4.78 is 62.1. The molecule has 2 aromatic carbocycles. The smallest absolute Gasteiger partial charge is 0.306 e. The summed E-state index contributed by atoms with van der Waals surface area (Å²) in [6.45, 7) is 13.4. The number of halogens is 2. The lowest BCUT2D eigenvalue weighted by Gasteiger charge is -2.35. The molecule has 2 saturated carbocycles. The number of pyridine rings is 1. The summed E-state index contributed by atoms with van der Waals surface area (Å²) in [4.78, 5) is 66.0. The number of carbonyl (C=O) groups is 3. The highest BCUT2D eigenvalue weighted by molar-refractivity contribution is 7.59. The predicted octanol–water partition coefficient (Wildman–Crippen LogP) is 9.73. The Bertz CT molecular complexity index is 2410. The lowest BCUT2D eigenvalue weighted by molar-refractivity contribution is -0.156. The van der Waals surface area contributed by atoms with Gasteiger partial charge in [-0.05, 0) is 81.5 Å². The van der Waals surface area contributed by atoms with Crippen LogP contribution in [-0.2, 0) is 29.8 Å². The number of carbonyl (C=O) groups excluding carboxylic acids is 3. The summed E-state index contributed by atoms with van der Waals surface area (Å²) >= 11 is 1.44. The van der Waals surface area contributed by atoms with E-state index in [4.69, 9.17) is 24.2 Å². The Kier molecular flexibility index (Phi) is 13.5. The number of methoxy groups -OCH3 is 1. The summed E-state index contributed by atoms with van der Waals surface area (Å²) in [6.07, 6.45) is 2.67. The highest BCUT2D eigenvalue weighted by Crippen LogP contribution is 2.74. The topological polar surface area (TPSA) is 157 Å². The number of allylic oxidation sites excluding steroid dienone is 1. The molecule has 63 heavy (non-hydrogen) atoms. The van der Waals surface area contributed by atoms with Gasteiger partial charge in [0.1, 0.15) is 41.0 Å². The average molecular weight is 907 g/mol. The van der Waals surface area contributed by atoms with Gasteiger partial charge < -0.3 is 29.3 Å². The first-order chi connectivity index (χ1) is 29.8. The zero-order chi connectivity index (χ0) is 45.4. The molecule has 3 fully saturated rings. The van der Waals surface area contributed by atoms with Gasteiger partial charge >= 0.3 is 5.97 Å². The fraction of sp³-hybridized carbons (Fsp3) is 0.511. The average Bonchev–Trinajstić information content (AvgIpc) is 3.62. The van der Waals surface area contributed by atoms with Gasteiger partial charge in [-0.3, -0.25) is 18.9 Å². The number of benzene rings is 2. The van der Waals surface area contributed by atoms with E-state index in [0.29, 0.717) is 33.8 Å². The first-order valence-electron chi connectivity index (χ1n) is 21.6. The molecule has 3 aliphatic rings. The van der Waals surface area contributed by atoms with E-state index in [0.717, 1.165) is 42.9 Å². The number of ketones is 1. The number of nitrogens with one attached hydrogen (secondary N) is 1. The number of aromatic nitrogens is 2. The van der Waals surface area contributed by atoms with E-state index in [9.17, 15) is 32.6 Å². The molecule has 2 N–H and O–H groups in total. The number of thiazole rings is 1. The first kappa shape index (κ1) is 46.3. The quantitative estimate of drug-likeness (QED) is 0.0591. The van der Waals surface area contributed by atoms with Crippen molar-refractivity contribution in [1.82, 2.24) is 14.9 Å². The predicted molar refractivity (Wildman–Crippen MR) is 239 cm³/mol. The van der Waals surface area contributed by atoms with Crippen molar-refractivity contribution in [2.75, 3.05) is 19.0 Å². The van der Waals surface area contributed by atoms with Gasteiger partial charge in [0, 0.05) is 47.3 Å². The van der Waals surface area contributed by atoms with Crippen LogP contribution in [0.2, 0.25) is 0 Å². The van der Waals surface area contributed by atoms with Crippen LogP contribution in [0.1, 0.15) is 91.5 Å². The summed E-state index contributed by atoms with van der Waals surface area (Å²) in [5.41, 5.74) is 0.445. The molecule has 12 nitrogen and oxygen atoms in total. The molecule has 0 spiro atoms. The minimum absolute atomic E-state index is 0.0227. The van der Waals surface area contributed by atoms with Crippen molar-refractivity contribution in [1.29, 1.82) is 0 Å². The van der Waals surface area contributed by atoms with Gasteiger partial charge in [0.25, 0.3) is 0 Å². The molecule has 4 aromatic rings. The van der Waals surface area contributed by atoms with Gasteiger partial charge in [-0.15, -0.1) is 17.9 Å². The van der Waals surface area contributed by atoms with E-state index < -0.39 is 89.4 Å². The molecule has 0 bridgehead atoms. The van der Waals surface area contributed by atoms with E-state index in [2.05, 4.69) is 11.9 Å². The largest absolute Gasteiger partial charge is 0.497 e. The molecule has 1 saturated heterocycles. The van der Waals surface area contributed by atoms with Crippen LogP contribution in [0.4, 0.5) is 13.9 Å². The number of Topliss-reactive ketones (excluding diaryl/α,β-unsaturated/α-hetero) is 1. The van der Waals surface area contributed by atoms with E-state index in [1.54, 1.807) is 25.3 Å². The third-order valence-corrected chi connectivity index (χ3v) is 16.3. The van der Waals surface area contributed by atoms with E-state index in [1.807, 2.05) is 46.1 Å². The summed E-state index contributed by atoms with van der Waals surface area (Å²) in [5.74, 6) is -3.81. The standard InChI is InChI=1S/C47H57F2N4O8PS/c1-8-28-22-47(28,62(57,58)25-33-35(48)14-11-15-36(33)49)23-41(54)40-19-31(24-53(40)44(56)34(46(4,5)6)20-43(55)61-29-12-9-10-13-29)60-42-21-38(39-26-63-45(52-39)50-27(2)3)51-37-18-30(59-7)16-17-32(37)42/h8,11,14-18,21,26-29,31,34,40H,1,9-10,12-13,19-20,22-25H2,2-7H3,(H,50,52)(H,57,58)/t28-,31-,34-,40+,47-/m1/s1. The zero-order valence-electron chi connectivity index (χ0n) is 36.7. The molecule has 16 heteroatoms. The Morgan fingerprint density at radius 3 is 2.43 bits per heavy atom. The van der Waals surface area contributed by atoms with Gasteiger partial charge in [0.15, 0.2) is 10.9 Å². The molecular weight excluding hydrogens is 850 g/mol. The number of likely N-dealkylation sites (tertiary alicyclic amines) is 1. The fourth-order valence-corrected chi connectivity index (χ4v) is 12.5. The van der Waals surface area contributed by atoms with Crippen LogP contribution in [0.3, 0.4) is 0 Å². The zero-order valence-corrected chi connectivity index (χ0v) is 38.4. The number of esters is 1. The highest BCUT2D eigenvalue weighted by atomic mass is 32.1. The van der Waals surface area contributed by atoms with E-state index in [-0.39, 0.29) is 38.0 Å². The number of fused-ring (bicyclic) bond motifs is 1. The van der Waals surface area contributed by atoms with Crippen molar-refractivity contribution in [3.8, 4) is 22.9 Å². The second kappa shape index (κ2) is 18.4. The molecular formula is C47H57F2N4O8PS. The number of hydrogen-bond donors (Lipinski definition) is 2. The first-order valence-corrected chi connectivity index (χ1v) is 24.3. The van der Waals surface area contributed by atoms with Crippen LogP contribution in [0, 0.1) is 28.9 Å². The minimum atomic E-state index is -4.49. The molecule has 0 radical (unpaired) electrons. The van der Waals surface area contributed by atoms with Gasteiger partial charge in [-0.2, -0.15) is 0 Å². The Hall–Kier alpha value is -4.72. The Morgan fingerprint density at radius 2 is 1.79 bits per heavy atom. The van der Waals surface area contributed by atoms with Crippen LogP contribution in [-0.4, -0.2) is 80.5 Å². The molecule has 6 atom stereocenters. The van der Waals surface area contributed by atoms with Crippen molar-refractivity contribution >= 4 is 52.4 Å². The molecule has 2 aliphatic carbocycles. The fourth-order valence-electron chi connectivity index (χ4n) is 9.05. The number of nitrogens with zero attached hydrogens (tertiary/aromatic N) is 3. The van der Waals surface area contributed by atoms with Crippen LogP contribution < -0.4 is 14.8 Å². The van der Waals surface area contributed by atoms with Crippen LogP contribution in [0.25, 0.3) is 22.3 Å². The maximum atomic E-state index is 15.0. The maximum absolute atomic E-state index is 15.0. The number of hydrogen-bond acceptors (Lipinski definition) is 11. The Labute approximate surface area is 371 Å². The second-order valence-electron chi connectivity index (χ2n) is 18.6. The molecule has 1 amide bonds. The summed E-state index contributed by atoms with van der Waals surface area (Å²) in [5, 5.41) is 5.03. The van der Waals surface area contributed by atoms with E-state index in [1.165, 1.54) is 28.4 Å². The molecule has 2 aromatic heterocycles. The minimum Gasteiger partial charge on any atom is -0.497 e. The lowest BCUT2D eigenvalue weighted by Crippen LogP contribution is -2.48. The number of anilines is 1. The highest BCUT2D eigenvalue weighted by Gasteiger charge is 2.65. The van der Waals surface area contributed by atoms with Gasteiger partial charge in [-0.1, -0.05) is 32.9 Å². The van der Waals surface area contributed by atoms with Crippen LogP contribution in [0.15, 0.2) is 60.5 Å². The van der Waals surface area contributed by atoms with Gasteiger partial charge in [-0.25, -0.2) is 18.7 Å². The molecule has 7 rings (SSSR count). The maximum Gasteiger partial charge on any atom is 0.306 e. The molecule has 1 unspecified atom stereocenters. The van der Waals surface area contributed by atoms with Crippen LogP contribution >= 0.6 is 18.7 Å². The van der Waals surface area contributed by atoms with Crippen molar-refractivity contribution in [2.45, 2.75) is 122 Å². The van der Waals surface area contributed by atoms with Crippen molar-refractivity contribution < 1.29 is 46.8 Å². The van der Waals surface area contributed by atoms with Crippen LogP contribution in [0.5, 0.6) is 11.5 Å². The lowest BCUT2D eigenvalue weighted by atomic mass is 9.77. The Balaban J connectivity index is 1.23. The third-order valence-electron chi connectivity index (χ3n) is 12.7. The number of rotatable bonds is 17. The number of amides is 1. The van der Waals surface area contributed by atoms with Crippen molar-refractivity contribution in [2.24, 2.45) is 17.3 Å². The number of ether oxygens (including phenoxy) is 3. The molecule has 338 valence electrons. The van der Waals surface area contributed by atoms with Crippen molar-refractivity contribution in [3.05, 3.63) is 77.7 Å². The van der Waals surface area contributed by atoms with E-state index >= 15 is 0 Å². The third kappa shape index (κ3) is 10.0. The second-order valence-corrected chi connectivity index (χ2v) is 22.0. The van der Waals surface area contributed by atoms with Crippen molar-refractivity contribution in [3.63, 3.8) is 0 Å². The monoisotopic (exact) mass is 906 g/mol. The molecule has 1 aliphatic heterocycles.